The molecule has 0 fully saturated rings. The van der Waals surface area contributed by atoms with Crippen LogP contribution in [0.15, 0.2) is 24.3 Å². The second-order valence-corrected chi connectivity index (χ2v) is 6.28. The molecule has 0 heterocycles. The minimum Gasteiger partial charge on any atom is -0.389 e. The average molecular weight is 263 g/mol. The van der Waals surface area contributed by atoms with Gasteiger partial charge < -0.3 is 10.4 Å². The van der Waals surface area contributed by atoms with Crippen LogP contribution in [0.25, 0.3) is 0 Å². The Morgan fingerprint density at radius 2 is 1.84 bits per heavy atom. The standard InChI is InChI=1S/C16H25NO2/c1-11(16(3,4)5)10-15(19)17-14-9-7-6-8-13(14)12(2)18/h6-9,11-12,18H,10H2,1-5H3,(H,17,19). The first kappa shape index (κ1) is 15.7. The maximum absolute atomic E-state index is 12.1. The van der Waals surface area contributed by atoms with Crippen molar-refractivity contribution in [2.75, 3.05) is 5.32 Å². The van der Waals surface area contributed by atoms with Crippen molar-refractivity contribution in [3.63, 3.8) is 0 Å². The predicted octanol–water partition coefficient (Wildman–Crippen LogP) is 3.75. The van der Waals surface area contributed by atoms with Crippen LogP contribution in [0.2, 0.25) is 0 Å². The van der Waals surface area contributed by atoms with Gasteiger partial charge in [0.25, 0.3) is 0 Å². The van der Waals surface area contributed by atoms with Crippen LogP contribution < -0.4 is 5.32 Å². The molecule has 1 rings (SSSR count). The van der Waals surface area contributed by atoms with Gasteiger partial charge in [0.1, 0.15) is 0 Å². The van der Waals surface area contributed by atoms with E-state index in [2.05, 4.69) is 33.0 Å². The van der Waals surface area contributed by atoms with Gasteiger partial charge in [-0.2, -0.15) is 0 Å². The first-order chi connectivity index (χ1) is 8.71. The van der Waals surface area contributed by atoms with E-state index >= 15 is 0 Å². The van der Waals surface area contributed by atoms with Crippen LogP contribution in [-0.4, -0.2) is 11.0 Å². The molecule has 19 heavy (non-hydrogen) atoms. The molecule has 0 bridgehead atoms. The molecular weight excluding hydrogens is 238 g/mol. The Hall–Kier alpha value is -1.35. The number of carbonyl (C=O) groups excluding carboxylic acids is 1. The summed E-state index contributed by atoms with van der Waals surface area (Å²) in [4.78, 5) is 12.1. The van der Waals surface area contributed by atoms with Crippen LogP contribution in [0.4, 0.5) is 5.69 Å². The quantitative estimate of drug-likeness (QED) is 0.869. The second kappa shape index (κ2) is 6.20. The highest BCUT2D eigenvalue weighted by Crippen LogP contribution is 2.29. The second-order valence-electron chi connectivity index (χ2n) is 6.28. The third kappa shape index (κ3) is 4.67. The van der Waals surface area contributed by atoms with Crippen LogP contribution in [0.1, 0.15) is 52.7 Å². The zero-order valence-electron chi connectivity index (χ0n) is 12.5. The summed E-state index contributed by atoms with van der Waals surface area (Å²) in [7, 11) is 0. The van der Waals surface area contributed by atoms with Gasteiger partial charge in [-0.1, -0.05) is 45.9 Å². The van der Waals surface area contributed by atoms with Gasteiger partial charge in [-0.25, -0.2) is 0 Å². The smallest absolute Gasteiger partial charge is 0.224 e. The molecule has 106 valence electrons. The minimum absolute atomic E-state index is 0.00414. The van der Waals surface area contributed by atoms with Crippen molar-refractivity contribution < 1.29 is 9.90 Å². The third-order valence-electron chi connectivity index (χ3n) is 3.65. The van der Waals surface area contributed by atoms with Crippen molar-refractivity contribution in [2.45, 2.75) is 47.1 Å². The molecule has 2 N–H and O–H groups in total. The number of para-hydroxylation sites is 1. The minimum atomic E-state index is -0.587. The summed E-state index contributed by atoms with van der Waals surface area (Å²) in [6.07, 6.45) is -0.103. The number of hydrogen-bond acceptors (Lipinski definition) is 2. The lowest BCUT2D eigenvalue weighted by Gasteiger charge is -2.26. The predicted molar refractivity (Wildman–Crippen MR) is 78.9 cm³/mol. The zero-order valence-corrected chi connectivity index (χ0v) is 12.5. The fourth-order valence-corrected chi connectivity index (χ4v) is 1.76. The van der Waals surface area contributed by atoms with Crippen molar-refractivity contribution in [3.8, 4) is 0 Å². The highest BCUT2D eigenvalue weighted by molar-refractivity contribution is 5.91. The van der Waals surface area contributed by atoms with E-state index in [4.69, 9.17) is 0 Å². The van der Waals surface area contributed by atoms with Crippen molar-refractivity contribution >= 4 is 11.6 Å². The van der Waals surface area contributed by atoms with E-state index in [0.29, 0.717) is 18.0 Å². The Labute approximate surface area is 116 Å². The van der Waals surface area contributed by atoms with E-state index in [1.54, 1.807) is 6.92 Å². The number of aliphatic hydroxyl groups excluding tert-OH is 1. The van der Waals surface area contributed by atoms with Crippen LogP contribution in [-0.2, 0) is 4.79 Å². The van der Waals surface area contributed by atoms with Crippen molar-refractivity contribution in [2.24, 2.45) is 11.3 Å². The molecular formula is C16H25NO2. The Morgan fingerprint density at radius 3 is 2.37 bits per heavy atom. The largest absolute Gasteiger partial charge is 0.389 e. The molecule has 0 aliphatic heterocycles. The zero-order chi connectivity index (χ0) is 14.6. The van der Waals surface area contributed by atoms with Gasteiger partial charge in [-0.3, -0.25) is 4.79 Å². The molecule has 0 saturated heterocycles. The molecule has 2 atom stereocenters. The number of benzene rings is 1. The summed E-state index contributed by atoms with van der Waals surface area (Å²) in [5, 5.41) is 12.6. The Balaban J connectivity index is 2.73. The number of aliphatic hydroxyl groups is 1. The summed E-state index contributed by atoms with van der Waals surface area (Å²) in [5.41, 5.74) is 1.56. The molecule has 0 aliphatic rings. The number of rotatable bonds is 4. The van der Waals surface area contributed by atoms with Gasteiger partial charge >= 0.3 is 0 Å². The summed E-state index contributed by atoms with van der Waals surface area (Å²) >= 11 is 0. The monoisotopic (exact) mass is 263 g/mol. The van der Waals surface area contributed by atoms with Gasteiger partial charge in [0.15, 0.2) is 0 Å². The molecule has 0 aliphatic carbocycles. The van der Waals surface area contributed by atoms with Gasteiger partial charge in [0, 0.05) is 17.7 Å². The number of amides is 1. The van der Waals surface area contributed by atoms with Gasteiger partial charge in [-0.15, -0.1) is 0 Å². The highest BCUT2D eigenvalue weighted by atomic mass is 16.3. The normalized spacial score (nSPS) is 14.8. The first-order valence-corrected chi connectivity index (χ1v) is 6.78. The molecule has 3 heteroatoms. The van der Waals surface area contributed by atoms with Crippen molar-refractivity contribution in [1.29, 1.82) is 0 Å². The number of anilines is 1. The molecule has 0 radical (unpaired) electrons. The van der Waals surface area contributed by atoms with Crippen molar-refractivity contribution in [1.82, 2.24) is 0 Å². The summed E-state index contributed by atoms with van der Waals surface area (Å²) in [5.74, 6) is 0.293. The lowest BCUT2D eigenvalue weighted by molar-refractivity contribution is -0.117. The number of hydrogen-bond donors (Lipinski definition) is 2. The SMILES string of the molecule is CC(O)c1ccccc1NC(=O)CC(C)C(C)(C)C. The lowest BCUT2D eigenvalue weighted by atomic mass is 9.80. The number of nitrogens with one attached hydrogen (secondary N) is 1. The van der Waals surface area contributed by atoms with Gasteiger partial charge in [-0.05, 0) is 24.3 Å². The molecule has 1 aromatic rings. The molecule has 1 amide bonds. The van der Waals surface area contributed by atoms with E-state index in [9.17, 15) is 9.90 Å². The van der Waals surface area contributed by atoms with E-state index < -0.39 is 6.10 Å². The maximum atomic E-state index is 12.1. The summed E-state index contributed by atoms with van der Waals surface area (Å²) in [6.45, 7) is 10.2. The summed E-state index contributed by atoms with van der Waals surface area (Å²) in [6, 6.07) is 7.36. The maximum Gasteiger partial charge on any atom is 0.224 e. The highest BCUT2D eigenvalue weighted by Gasteiger charge is 2.23. The molecule has 0 aromatic heterocycles. The molecule has 0 spiro atoms. The van der Waals surface area contributed by atoms with E-state index in [-0.39, 0.29) is 11.3 Å². The Kier molecular flexibility index (Phi) is 5.12. The Morgan fingerprint density at radius 1 is 1.26 bits per heavy atom. The van der Waals surface area contributed by atoms with Crippen LogP contribution in [0.5, 0.6) is 0 Å². The first-order valence-electron chi connectivity index (χ1n) is 6.78. The molecule has 2 unspecified atom stereocenters. The Bertz CT molecular complexity index is 433. The van der Waals surface area contributed by atoms with Gasteiger partial charge in [0.05, 0.1) is 6.10 Å². The molecule has 1 aromatic carbocycles. The van der Waals surface area contributed by atoms with Crippen LogP contribution in [0.3, 0.4) is 0 Å². The lowest BCUT2D eigenvalue weighted by Crippen LogP contribution is -2.24. The molecule has 0 saturated carbocycles. The summed E-state index contributed by atoms with van der Waals surface area (Å²) < 4.78 is 0. The fraction of sp³-hybridized carbons (Fsp3) is 0.562. The average Bonchev–Trinajstić information content (AvgIpc) is 2.27. The fourth-order valence-electron chi connectivity index (χ4n) is 1.76. The third-order valence-corrected chi connectivity index (χ3v) is 3.65. The number of carbonyl (C=O) groups is 1. The molecule has 3 nitrogen and oxygen atoms in total. The van der Waals surface area contributed by atoms with Gasteiger partial charge in [0.2, 0.25) is 5.91 Å². The van der Waals surface area contributed by atoms with E-state index in [1.807, 2.05) is 24.3 Å². The van der Waals surface area contributed by atoms with E-state index in [1.165, 1.54) is 0 Å². The van der Waals surface area contributed by atoms with E-state index in [0.717, 1.165) is 5.56 Å². The van der Waals surface area contributed by atoms with Crippen molar-refractivity contribution in [3.05, 3.63) is 29.8 Å². The van der Waals surface area contributed by atoms with Crippen LogP contribution in [0, 0.1) is 11.3 Å². The van der Waals surface area contributed by atoms with Crippen LogP contribution >= 0.6 is 0 Å². The topological polar surface area (TPSA) is 49.3 Å².